The molecule has 0 bridgehead atoms. The standard InChI is InChI=1S/C18H25N3O.ClH/c1-2-3-4-5-9-12-18(22)20-16-13-14-21(19-15-16)17-10-7-6-8-11-17;/h6-8,10-11,13-16H,2-5,9,12H2,1H3,(H,20,22);1H. The molecule has 0 saturated heterocycles. The second-order valence-electron chi connectivity index (χ2n) is 5.54. The lowest BCUT2D eigenvalue weighted by Gasteiger charge is -2.21. The summed E-state index contributed by atoms with van der Waals surface area (Å²) in [6.45, 7) is 2.19. The average Bonchev–Trinajstić information content (AvgIpc) is 2.56. The van der Waals surface area contributed by atoms with Crippen LogP contribution in [0.1, 0.15) is 45.4 Å². The number of halogens is 1. The summed E-state index contributed by atoms with van der Waals surface area (Å²) in [5.41, 5.74) is 1.01. The minimum absolute atomic E-state index is 0. The van der Waals surface area contributed by atoms with Gasteiger partial charge in [0.15, 0.2) is 0 Å². The number of hydrogen-bond acceptors (Lipinski definition) is 3. The molecule has 1 aromatic carbocycles. The van der Waals surface area contributed by atoms with E-state index >= 15 is 0 Å². The van der Waals surface area contributed by atoms with Crippen LogP contribution in [0.2, 0.25) is 0 Å². The number of nitrogens with zero attached hydrogens (tertiary/aromatic N) is 2. The van der Waals surface area contributed by atoms with Crippen LogP contribution in [0.5, 0.6) is 0 Å². The summed E-state index contributed by atoms with van der Waals surface area (Å²) in [5, 5.41) is 9.14. The zero-order valence-corrected chi connectivity index (χ0v) is 14.5. The minimum Gasteiger partial charge on any atom is -0.345 e. The highest BCUT2D eigenvalue weighted by Crippen LogP contribution is 2.15. The van der Waals surface area contributed by atoms with E-state index in [0.29, 0.717) is 6.42 Å². The SMILES string of the molecule is CCCCCCCC(=O)NC1C=CN(c2ccccc2)N=C1.Cl. The number of benzene rings is 1. The lowest BCUT2D eigenvalue weighted by Crippen LogP contribution is -2.36. The fourth-order valence-electron chi connectivity index (χ4n) is 2.37. The third-order valence-corrected chi connectivity index (χ3v) is 3.64. The molecule has 0 radical (unpaired) electrons. The smallest absolute Gasteiger partial charge is 0.220 e. The van der Waals surface area contributed by atoms with Gasteiger partial charge in [-0.05, 0) is 24.6 Å². The first-order chi connectivity index (χ1) is 10.8. The molecule has 5 heteroatoms. The van der Waals surface area contributed by atoms with E-state index < -0.39 is 0 Å². The van der Waals surface area contributed by atoms with Gasteiger partial charge in [0.25, 0.3) is 0 Å². The van der Waals surface area contributed by atoms with E-state index in [1.807, 2.05) is 42.6 Å². The van der Waals surface area contributed by atoms with Crippen molar-refractivity contribution < 1.29 is 4.79 Å². The van der Waals surface area contributed by atoms with E-state index in [1.165, 1.54) is 19.3 Å². The molecule has 0 aromatic heterocycles. The molecule has 1 N–H and O–H groups in total. The summed E-state index contributed by atoms with van der Waals surface area (Å²) >= 11 is 0. The average molecular weight is 336 g/mol. The van der Waals surface area contributed by atoms with Crippen LogP contribution in [0.25, 0.3) is 0 Å². The van der Waals surface area contributed by atoms with Gasteiger partial charge in [-0.25, -0.2) is 5.01 Å². The van der Waals surface area contributed by atoms with Crippen LogP contribution in [0.3, 0.4) is 0 Å². The molecular weight excluding hydrogens is 310 g/mol. The number of anilines is 1. The molecule has 0 spiro atoms. The quantitative estimate of drug-likeness (QED) is 0.721. The van der Waals surface area contributed by atoms with Gasteiger partial charge in [-0.2, -0.15) is 5.10 Å². The molecule has 1 aliphatic heterocycles. The molecular formula is C18H26ClN3O. The van der Waals surface area contributed by atoms with Crippen molar-refractivity contribution in [2.45, 2.75) is 51.5 Å². The number of rotatable bonds is 8. The predicted molar refractivity (Wildman–Crippen MR) is 99.1 cm³/mol. The third kappa shape index (κ3) is 6.87. The predicted octanol–water partition coefficient (Wildman–Crippen LogP) is 4.27. The molecule has 2 rings (SSSR count). The Labute approximate surface area is 145 Å². The molecule has 23 heavy (non-hydrogen) atoms. The summed E-state index contributed by atoms with van der Waals surface area (Å²) in [4.78, 5) is 11.9. The fourth-order valence-corrected chi connectivity index (χ4v) is 2.37. The van der Waals surface area contributed by atoms with Crippen LogP contribution in [-0.2, 0) is 4.79 Å². The number of nitrogens with one attached hydrogen (secondary N) is 1. The van der Waals surface area contributed by atoms with E-state index in [9.17, 15) is 4.79 Å². The van der Waals surface area contributed by atoms with Crippen molar-refractivity contribution in [3.63, 3.8) is 0 Å². The van der Waals surface area contributed by atoms with Gasteiger partial charge >= 0.3 is 0 Å². The van der Waals surface area contributed by atoms with Crippen molar-refractivity contribution in [3.05, 3.63) is 42.6 Å². The van der Waals surface area contributed by atoms with Crippen LogP contribution in [0.15, 0.2) is 47.7 Å². The second kappa shape index (κ2) is 10.8. The number of unbranched alkanes of at least 4 members (excludes halogenated alkanes) is 4. The van der Waals surface area contributed by atoms with E-state index in [-0.39, 0.29) is 24.4 Å². The Morgan fingerprint density at radius 3 is 2.57 bits per heavy atom. The number of para-hydroxylation sites is 1. The number of carbonyl (C=O) groups is 1. The van der Waals surface area contributed by atoms with Crippen LogP contribution in [0.4, 0.5) is 5.69 Å². The highest BCUT2D eigenvalue weighted by atomic mass is 35.5. The number of hydrogen-bond donors (Lipinski definition) is 1. The summed E-state index contributed by atoms with van der Waals surface area (Å²) in [6, 6.07) is 9.82. The molecule has 1 atom stereocenters. The van der Waals surface area contributed by atoms with Crippen molar-refractivity contribution in [3.8, 4) is 0 Å². The maximum atomic E-state index is 11.9. The number of hydrazone groups is 1. The summed E-state index contributed by atoms with van der Waals surface area (Å²) in [7, 11) is 0. The Balaban J connectivity index is 0.00000264. The van der Waals surface area contributed by atoms with E-state index in [1.54, 1.807) is 11.2 Å². The van der Waals surface area contributed by atoms with Crippen molar-refractivity contribution in [2.24, 2.45) is 5.10 Å². The van der Waals surface area contributed by atoms with Gasteiger partial charge < -0.3 is 5.32 Å². The van der Waals surface area contributed by atoms with Gasteiger partial charge in [0, 0.05) is 12.6 Å². The van der Waals surface area contributed by atoms with Crippen LogP contribution in [-0.4, -0.2) is 18.2 Å². The van der Waals surface area contributed by atoms with Crippen molar-refractivity contribution >= 4 is 30.2 Å². The van der Waals surface area contributed by atoms with Crippen LogP contribution < -0.4 is 10.3 Å². The Kier molecular flexibility index (Phi) is 9.07. The molecule has 0 aliphatic carbocycles. The zero-order valence-electron chi connectivity index (χ0n) is 13.6. The lowest BCUT2D eigenvalue weighted by atomic mass is 10.1. The van der Waals surface area contributed by atoms with E-state index in [2.05, 4.69) is 17.3 Å². The Morgan fingerprint density at radius 1 is 1.17 bits per heavy atom. The molecule has 1 aliphatic rings. The first-order valence-electron chi connectivity index (χ1n) is 8.15. The Bertz CT molecular complexity index is 502. The zero-order chi connectivity index (χ0) is 15.6. The number of amides is 1. The van der Waals surface area contributed by atoms with Gasteiger partial charge in [0.05, 0.1) is 17.9 Å². The van der Waals surface area contributed by atoms with Crippen molar-refractivity contribution in [1.29, 1.82) is 0 Å². The monoisotopic (exact) mass is 335 g/mol. The molecule has 1 unspecified atom stereocenters. The van der Waals surface area contributed by atoms with Crippen molar-refractivity contribution in [1.82, 2.24) is 5.32 Å². The van der Waals surface area contributed by atoms with Crippen LogP contribution >= 0.6 is 12.4 Å². The Morgan fingerprint density at radius 2 is 1.91 bits per heavy atom. The summed E-state index contributed by atoms with van der Waals surface area (Å²) < 4.78 is 0. The highest BCUT2D eigenvalue weighted by Gasteiger charge is 2.12. The number of carbonyl (C=O) groups excluding carboxylic acids is 1. The fraction of sp³-hybridized carbons (Fsp3) is 0.444. The molecule has 1 amide bonds. The highest BCUT2D eigenvalue weighted by molar-refractivity contribution is 5.85. The van der Waals surface area contributed by atoms with Crippen LogP contribution in [0, 0.1) is 0 Å². The molecule has 4 nitrogen and oxygen atoms in total. The van der Waals surface area contributed by atoms with Gasteiger partial charge in [0.1, 0.15) is 0 Å². The first-order valence-corrected chi connectivity index (χ1v) is 8.15. The topological polar surface area (TPSA) is 44.7 Å². The van der Waals surface area contributed by atoms with E-state index in [4.69, 9.17) is 0 Å². The van der Waals surface area contributed by atoms with Gasteiger partial charge in [-0.1, -0.05) is 50.8 Å². The summed E-state index contributed by atoms with van der Waals surface area (Å²) in [6.07, 6.45) is 12.0. The van der Waals surface area contributed by atoms with E-state index in [0.717, 1.165) is 18.5 Å². The molecule has 1 aromatic rings. The van der Waals surface area contributed by atoms with Gasteiger partial charge in [-0.3, -0.25) is 4.79 Å². The normalized spacial score (nSPS) is 16.0. The Hall–Kier alpha value is -1.81. The van der Waals surface area contributed by atoms with Crippen molar-refractivity contribution in [2.75, 3.05) is 5.01 Å². The minimum atomic E-state index is -0.108. The summed E-state index contributed by atoms with van der Waals surface area (Å²) in [5.74, 6) is 0.103. The maximum absolute atomic E-state index is 11.9. The first kappa shape index (κ1) is 19.2. The maximum Gasteiger partial charge on any atom is 0.220 e. The van der Waals surface area contributed by atoms with Gasteiger partial charge in [-0.15, -0.1) is 12.4 Å². The molecule has 1 heterocycles. The second-order valence-corrected chi connectivity index (χ2v) is 5.54. The third-order valence-electron chi connectivity index (χ3n) is 3.64. The van der Waals surface area contributed by atoms with Gasteiger partial charge in [0.2, 0.25) is 5.91 Å². The lowest BCUT2D eigenvalue weighted by molar-refractivity contribution is -0.121. The molecule has 0 fully saturated rings. The molecule has 126 valence electrons. The molecule has 0 saturated carbocycles. The largest absolute Gasteiger partial charge is 0.345 e.